The van der Waals surface area contributed by atoms with E-state index in [2.05, 4.69) is 27.2 Å². The average Bonchev–Trinajstić information content (AvgIpc) is 3.44. The Morgan fingerprint density at radius 3 is 2.71 bits per heavy atom. The first-order valence-electron chi connectivity index (χ1n) is 10.3. The van der Waals surface area contributed by atoms with Crippen molar-refractivity contribution in [1.82, 2.24) is 33.7 Å². The van der Waals surface area contributed by atoms with Crippen LogP contribution < -0.4 is 5.32 Å². The van der Waals surface area contributed by atoms with Gasteiger partial charge in [-0.3, -0.25) is 13.8 Å². The first kappa shape index (κ1) is 19.3. The number of aromatic nitrogens is 5. The van der Waals surface area contributed by atoms with Gasteiger partial charge in [-0.2, -0.15) is 0 Å². The smallest absolute Gasteiger partial charge is 0.274 e. The molecule has 0 aliphatic carbocycles. The number of carbonyl (C=O) groups is 1. The molecule has 0 atom stereocenters. The van der Waals surface area contributed by atoms with Crippen molar-refractivity contribution in [3.63, 3.8) is 0 Å². The highest BCUT2D eigenvalue weighted by Crippen LogP contribution is 2.18. The minimum atomic E-state index is -0.0373. The summed E-state index contributed by atoms with van der Waals surface area (Å²) in [6, 6.07) is 11.7. The lowest BCUT2D eigenvalue weighted by molar-refractivity contribution is 0.0658. The topological polar surface area (TPSA) is 83.6 Å². The Morgan fingerprint density at radius 1 is 1.06 bits per heavy atom. The summed E-state index contributed by atoms with van der Waals surface area (Å²) in [5.41, 5.74) is 2.31. The van der Waals surface area contributed by atoms with Crippen molar-refractivity contribution in [3.8, 4) is 5.95 Å². The van der Waals surface area contributed by atoms with Crippen LogP contribution >= 0.6 is 0 Å². The van der Waals surface area contributed by atoms with Crippen LogP contribution in [0.3, 0.4) is 0 Å². The Hall–Kier alpha value is -3.72. The second-order valence-corrected chi connectivity index (χ2v) is 7.64. The van der Waals surface area contributed by atoms with Gasteiger partial charge in [0.25, 0.3) is 5.91 Å². The summed E-state index contributed by atoms with van der Waals surface area (Å²) in [6.45, 7) is 3.73. The van der Waals surface area contributed by atoms with Crippen molar-refractivity contribution in [1.29, 1.82) is 0 Å². The number of hydrogen-bond donors (Lipinski definition) is 1. The number of nitrogens with one attached hydrogen (secondary N) is 1. The zero-order chi connectivity index (χ0) is 21.2. The molecular weight excluding hydrogens is 392 g/mol. The van der Waals surface area contributed by atoms with E-state index in [4.69, 9.17) is 4.98 Å². The summed E-state index contributed by atoms with van der Waals surface area (Å²) >= 11 is 0. The number of pyridine rings is 2. The number of hydrogen-bond acceptors (Lipinski definition) is 6. The van der Waals surface area contributed by atoms with Gasteiger partial charge in [-0.15, -0.1) is 0 Å². The van der Waals surface area contributed by atoms with Crippen LogP contribution in [-0.4, -0.2) is 72.9 Å². The number of imidazole rings is 2. The molecule has 1 aliphatic heterocycles. The standard InChI is InChI=1S/C22H24N8O/c1-27-10-12-28(13-11-27)21(31)18-15-29(16-25-18)22-26-17(19-6-3-5-9-30(19)22)14-24-20-7-2-4-8-23-20/h2-9,15-16H,10-14H2,1H3,(H,23,24). The SMILES string of the molecule is CN1CCN(C(=O)c2cn(-c3nc(CNc4ccccn4)c4ccccn34)cn2)CC1. The highest BCUT2D eigenvalue weighted by Gasteiger charge is 2.23. The molecule has 1 saturated heterocycles. The van der Waals surface area contributed by atoms with Crippen molar-refractivity contribution >= 4 is 17.2 Å². The van der Waals surface area contributed by atoms with Gasteiger partial charge in [0.15, 0.2) is 0 Å². The van der Waals surface area contributed by atoms with Crippen LogP contribution in [0.25, 0.3) is 11.5 Å². The maximum Gasteiger partial charge on any atom is 0.274 e. The van der Waals surface area contributed by atoms with E-state index in [9.17, 15) is 4.79 Å². The number of fused-ring (bicyclic) bond motifs is 1. The van der Waals surface area contributed by atoms with E-state index in [-0.39, 0.29) is 5.91 Å². The first-order valence-corrected chi connectivity index (χ1v) is 10.3. The maximum absolute atomic E-state index is 12.9. The fourth-order valence-corrected chi connectivity index (χ4v) is 3.75. The van der Waals surface area contributed by atoms with Gasteiger partial charge in [-0.05, 0) is 31.3 Å². The summed E-state index contributed by atoms with van der Waals surface area (Å²) in [5, 5.41) is 3.31. The number of amides is 1. The minimum absolute atomic E-state index is 0.0373. The molecule has 4 aromatic rings. The highest BCUT2D eigenvalue weighted by atomic mass is 16.2. The van der Waals surface area contributed by atoms with E-state index in [1.807, 2.05) is 51.9 Å². The molecule has 0 radical (unpaired) electrons. The van der Waals surface area contributed by atoms with E-state index >= 15 is 0 Å². The lowest BCUT2D eigenvalue weighted by atomic mass is 10.3. The third-order valence-corrected chi connectivity index (χ3v) is 5.53. The molecule has 0 bridgehead atoms. The van der Waals surface area contributed by atoms with Gasteiger partial charge in [-0.25, -0.2) is 15.0 Å². The summed E-state index contributed by atoms with van der Waals surface area (Å²) < 4.78 is 3.81. The lowest BCUT2D eigenvalue weighted by Crippen LogP contribution is -2.47. The second-order valence-electron chi connectivity index (χ2n) is 7.64. The van der Waals surface area contributed by atoms with Crippen LogP contribution in [0.4, 0.5) is 5.82 Å². The Morgan fingerprint density at radius 2 is 1.90 bits per heavy atom. The molecule has 1 N–H and O–H groups in total. The van der Waals surface area contributed by atoms with Crippen LogP contribution in [-0.2, 0) is 6.54 Å². The molecule has 9 heteroatoms. The van der Waals surface area contributed by atoms with Crippen molar-refractivity contribution in [2.24, 2.45) is 0 Å². The normalized spacial score (nSPS) is 14.8. The Bertz CT molecular complexity index is 1190. The molecule has 0 saturated carbocycles. The molecule has 0 aromatic carbocycles. The van der Waals surface area contributed by atoms with Gasteiger partial charge in [-0.1, -0.05) is 12.1 Å². The molecule has 5 heterocycles. The second kappa shape index (κ2) is 8.19. The Balaban J connectivity index is 1.41. The third kappa shape index (κ3) is 3.87. The number of carbonyl (C=O) groups excluding carboxylic acids is 1. The molecule has 31 heavy (non-hydrogen) atoms. The van der Waals surface area contributed by atoms with Crippen LogP contribution in [0.15, 0.2) is 61.3 Å². The van der Waals surface area contributed by atoms with Gasteiger partial charge in [0.2, 0.25) is 5.95 Å². The van der Waals surface area contributed by atoms with Crippen molar-refractivity contribution < 1.29 is 4.79 Å². The zero-order valence-electron chi connectivity index (χ0n) is 17.3. The Kier molecular flexibility index (Phi) is 5.09. The van der Waals surface area contributed by atoms with E-state index < -0.39 is 0 Å². The Labute approximate surface area is 180 Å². The molecule has 9 nitrogen and oxygen atoms in total. The lowest BCUT2D eigenvalue weighted by Gasteiger charge is -2.31. The predicted octanol–water partition coefficient (Wildman–Crippen LogP) is 1.91. The fourth-order valence-electron chi connectivity index (χ4n) is 3.75. The summed E-state index contributed by atoms with van der Waals surface area (Å²) in [5.74, 6) is 1.45. The van der Waals surface area contributed by atoms with Crippen LogP contribution in [0.5, 0.6) is 0 Å². The first-order chi connectivity index (χ1) is 15.2. The zero-order valence-corrected chi connectivity index (χ0v) is 17.3. The van der Waals surface area contributed by atoms with Gasteiger partial charge < -0.3 is 15.1 Å². The molecule has 1 amide bonds. The van der Waals surface area contributed by atoms with E-state index in [1.165, 1.54) is 0 Å². The third-order valence-electron chi connectivity index (χ3n) is 5.53. The summed E-state index contributed by atoms with van der Waals surface area (Å²) in [6.07, 6.45) is 7.13. The molecule has 4 aromatic heterocycles. The minimum Gasteiger partial charge on any atom is -0.364 e. The fraction of sp³-hybridized carbons (Fsp3) is 0.273. The molecule has 1 fully saturated rings. The monoisotopic (exact) mass is 416 g/mol. The summed E-state index contributed by atoms with van der Waals surface area (Å²) in [4.78, 5) is 30.5. The molecule has 5 rings (SSSR count). The molecule has 158 valence electrons. The number of nitrogens with zero attached hydrogens (tertiary/aromatic N) is 7. The van der Waals surface area contributed by atoms with Crippen molar-refractivity contribution in [3.05, 3.63) is 72.7 Å². The van der Waals surface area contributed by atoms with Crippen molar-refractivity contribution in [2.75, 3.05) is 38.5 Å². The van der Waals surface area contributed by atoms with E-state index in [0.717, 1.165) is 43.2 Å². The average molecular weight is 416 g/mol. The number of likely N-dealkylation sites (N-methyl/N-ethyl adjacent to an activating group) is 1. The van der Waals surface area contributed by atoms with Gasteiger partial charge >= 0.3 is 0 Å². The quantitative estimate of drug-likeness (QED) is 0.535. The highest BCUT2D eigenvalue weighted by molar-refractivity contribution is 5.92. The molecular formula is C22H24N8O. The predicted molar refractivity (Wildman–Crippen MR) is 117 cm³/mol. The largest absolute Gasteiger partial charge is 0.364 e. The van der Waals surface area contributed by atoms with Crippen LogP contribution in [0, 0.1) is 0 Å². The molecule has 0 unspecified atom stereocenters. The van der Waals surface area contributed by atoms with Crippen LogP contribution in [0.1, 0.15) is 16.2 Å². The van der Waals surface area contributed by atoms with E-state index in [1.54, 1.807) is 23.3 Å². The van der Waals surface area contributed by atoms with Gasteiger partial charge in [0.1, 0.15) is 17.8 Å². The van der Waals surface area contributed by atoms with E-state index in [0.29, 0.717) is 18.2 Å². The number of rotatable bonds is 5. The van der Waals surface area contributed by atoms with Crippen molar-refractivity contribution in [2.45, 2.75) is 6.54 Å². The number of anilines is 1. The van der Waals surface area contributed by atoms with Gasteiger partial charge in [0.05, 0.1) is 17.8 Å². The van der Waals surface area contributed by atoms with Gasteiger partial charge in [0, 0.05) is 44.8 Å². The number of piperazine rings is 1. The molecule has 1 aliphatic rings. The molecule has 0 spiro atoms. The van der Waals surface area contributed by atoms with Crippen LogP contribution in [0.2, 0.25) is 0 Å². The summed E-state index contributed by atoms with van der Waals surface area (Å²) in [7, 11) is 2.07. The maximum atomic E-state index is 12.9.